The maximum absolute atomic E-state index is 14.5. The number of benzene rings is 2. The number of thiophene rings is 1. The van der Waals surface area contributed by atoms with Gasteiger partial charge >= 0.3 is 0 Å². The van der Waals surface area contributed by atoms with Crippen molar-refractivity contribution in [1.29, 1.82) is 0 Å². The minimum atomic E-state index is -4.23. The third kappa shape index (κ3) is 4.97. The lowest BCUT2D eigenvalue weighted by atomic mass is 9.94. The number of primary amides is 1. The fraction of sp³-hybridized carbons (Fsp3) is 0.419. The first-order valence-corrected chi connectivity index (χ1v) is 16.6. The molecule has 0 bridgehead atoms. The average Bonchev–Trinajstić information content (AvgIpc) is 3.57. The Bertz CT molecular complexity index is 1800. The number of amides is 1. The number of rotatable bonds is 7. The lowest BCUT2D eigenvalue weighted by Gasteiger charge is -2.29. The van der Waals surface area contributed by atoms with E-state index < -0.39 is 15.9 Å². The van der Waals surface area contributed by atoms with Gasteiger partial charge in [-0.05, 0) is 74.6 Å². The number of pyridine rings is 1. The molecule has 0 aliphatic carbocycles. The Labute approximate surface area is 249 Å². The third-order valence-corrected chi connectivity index (χ3v) is 11.8. The molecule has 0 unspecified atom stereocenters. The largest absolute Gasteiger partial charge is 0.490 e. The smallest absolute Gasteiger partial charge is 0.250 e. The van der Waals surface area contributed by atoms with E-state index in [0.717, 1.165) is 34.1 Å². The van der Waals surface area contributed by atoms with Gasteiger partial charge in [-0.1, -0.05) is 24.3 Å². The number of sulfonamides is 1. The maximum atomic E-state index is 14.5. The van der Waals surface area contributed by atoms with Crippen molar-refractivity contribution in [1.82, 2.24) is 9.29 Å². The molecule has 2 aromatic carbocycles. The van der Waals surface area contributed by atoms with E-state index in [2.05, 4.69) is 0 Å². The van der Waals surface area contributed by atoms with Crippen LogP contribution in [0, 0.1) is 19.8 Å². The molecule has 9 nitrogen and oxygen atoms in total. The first kappa shape index (κ1) is 29.0. The highest BCUT2D eigenvalue weighted by Crippen LogP contribution is 2.45. The molecular formula is C31H36N4O5S2. The molecule has 4 heterocycles. The Morgan fingerprint density at radius 3 is 2.55 bits per heavy atom. The molecule has 2 aromatic heterocycles. The number of aromatic nitrogens is 1. The number of hydrogen-bond acceptors (Lipinski definition) is 8. The molecule has 11 heteroatoms. The Morgan fingerprint density at radius 2 is 1.88 bits per heavy atom. The molecule has 0 spiro atoms. The van der Waals surface area contributed by atoms with Gasteiger partial charge in [0.2, 0.25) is 10.0 Å². The number of carbonyl (C=O) groups excluding carboxylic acids is 1. The van der Waals surface area contributed by atoms with Crippen molar-refractivity contribution in [3.63, 3.8) is 0 Å². The zero-order chi connectivity index (χ0) is 29.8. The highest BCUT2D eigenvalue weighted by atomic mass is 32.2. The summed E-state index contributed by atoms with van der Waals surface area (Å²) in [6.45, 7) is 7.58. The van der Waals surface area contributed by atoms with Crippen molar-refractivity contribution >= 4 is 48.3 Å². The number of nitrogens with two attached hydrogens (primary N) is 2. The summed E-state index contributed by atoms with van der Waals surface area (Å²) in [4.78, 5) is 19.0. The highest BCUT2D eigenvalue weighted by Gasteiger charge is 2.39. The van der Waals surface area contributed by atoms with E-state index in [9.17, 15) is 13.2 Å². The predicted octanol–water partition coefficient (Wildman–Crippen LogP) is 4.75. The summed E-state index contributed by atoms with van der Waals surface area (Å²) in [7, 11) is -4.23. The molecule has 0 saturated carbocycles. The third-order valence-electron chi connectivity index (χ3n) is 8.59. The van der Waals surface area contributed by atoms with Crippen LogP contribution in [0.15, 0.2) is 41.3 Å². The molecule has 2 aliphatic heterocycles. The zero-order valence-electron chi connectivity index (χ0n) is 24.1. The van der Waals surface area contributed by atoms with Crippen molar-refractivity contribution in [2.24, 2.45) is 17.4 Å². The number of carbonyl (C=O) groups is 1. The van der Waals surface area contributed by atoms with Crippen LogP contribution in [0.1, 0.15) is 47.7 Å². The Kier molecular flexibility index (Phi) is 7.73. The molecule has 42 heavy (non-hydrogen) atoms. The maximum Gasteiger partial charge on any atom is 0.250 e. The second-order valence-corrected chi connectivity index (χ2v) is 14.3. The molecule has 2 fully saturated rings. The van der Waals surface area contributed by atoms with Crippen molar-refractivity contribution in [2.45, 2.75) is 57.1 Å². The number of fused-ring (bicyclic) bond motifs is 2. The Balaban J connectivity index is 1.66. The lowest BCUT2D eigenvalue weighted by Crippen LogP contribution is -2.34. The summed E-state index contributed by atoms with van der Waals surface area (Å²) in [5, 5.41) is 1.33. The molecule has 1 amide bonds. The van der Waals surface area contributed by atoms with Crippen molar-refractivity contribution in [3.8, 4) is 16.3 Å². The molecule has 222 valence electrons. The minimum absolute atomic E-state index is 0.0924. The molecule has 2 atom stereocenters. The van der Waals surface area contributed by atoms with Crippen molar-refractivity contribution in [2.75, 3.05) is 26.3 Å². The van der Waals surface area contributed by atoms with Crippen LogP contribution in [0.2, 0.25) is 0 Å². The van der Waals surface area contributed by atoms with Crippen LogP contribution in [0.4, 0.5) is 0 Å². The quantitative estimate of drug-likeness (QED) is 0.309. The van der Waals surface area contributed by atoms with E-state index in [1.807, 2.05) is 51.1 Å². The fourth-order valence-electron chi connectivity index (χ4n) is 6.18. The number of aryl methyl sites for hydroxylation is 2. The zero-order valence-corrected chi connectivity index (χ0v) is 25.7. The van der Waals surface area contributed by atoms with Crippen LogP contribution in [-0.2, 0) is 14.8 Å². The van der Waals surface area contributed by atoms with Gasteiger partial charge in [0, 0.05) is 37.0 Å². The Hall–Kier alpha value is -3.09. The van der Waals surface area contributed by atoms with E-state index >= 15 is 0 Å². The fourth-order valence-corrected chi connectivity index (χ4v) is 9.29. The van der Waals surface area contributed by atoms with Gasteiger partial charge < -0.3 is 20.9 Å². The number of hydrogen-bond donors (Lipinski definition) is 2. The van der Waals surface area contributed by atoms with Crippen LogP contribution in [-0.4, -0.2) is 62.1 Å². The second kappa shape index (κ2) is 11.2. The molecule has 2 saturated heterocycles. The van der Waals surface area contributed by atoms with Gasteiger partial charge in [-0.2, -0.15) is 4.31 Å². The summed E-state index contributed by atoms with van der Waals surface area (Å²) in [6, 6.07) is 11.3. The molecule has 6 rings (SSSR count). The van der Waals surface area contributed by atoms with Crippen LogP contribution < -0.4 is 16.2 Å². The molecule has 0 radical (unpaired) electrons. The normalized spacial score (nSPS) is 19.5. The molecule has 2 aliphatic rings. The minimum Gasteiger partial charge on any atom is -0.490 e. The average molecular weight is 609 g/mol. The van der Waals surface area contributed by atoms with Crippen molar-refractivity contribution < 1.29 is 22.7 Å². The van der Waals surface area contributed by atoms with Gasteiger partial charge in [0.05, 0.1) is 27.4 Å². The monoisotopic (exact) mass is 608 g/mol. The summed E-state index contributed by atoms with van der Waals surface area (Å²) in [5.41, 5.74) is 14.6. The van der Waals surface area contributed by atoms with Gasteiger partial charge in [-0.15, -0.1) is 11.3 Å². The SMILES string of the molecule is Cc1c(-c2nc3c(C)ccc(O[C@H](C)C4CCOCC4)c3c(C(N)=O)c2S(=O)(=O)N2CC[C@H](N)C2)sc2ccccc12. The summed E-state index contributed by atoms with van der Waals surface area (Å²) in [6.07, 6.45) is 2.05. The molecule has 4 N–H and O–H groups in total. The van der Waals surface area contributed by atoms with E-state index in [4.69, 9.17) is 25.9 Å². The van der Waals surface area contributed by atoms with E-state index in [1.165, 1.54) is 15.6 Å². The highest BCUT2D eigenvalue weighted by molar-refractivity contribution is 7.89. The second-order valence-electron chi connectivity index (χ2n) is 11.4. The van der Waals surface area contributed by atoms with Crippen LogP contribution >= 0.6 is 11.3 Å². The summed E-state index contributed by atoms with van der Waals surface area (Å²) in [5.74, 6) is -0.196. The first-order valence-electron chi connectivity index (χ1n) is 14.3. The summed E-state index contributed by atoms with van der Waals surface area (Å²) >= 11 is 1.45. The van der Waals surface area contributed by atoms with Gasteiger partial charge in [-0.25, -0.2) is 13.4 Å². The lowest BCUT2D eigenvalue weighted by molar-refractivity contribution is 0.0243. The van der Waals surface area contributed by atoms with Gasteiger partial charge in [-0.3, -0.25) is 4.79 Å². The van der Waals surface area contributed by atoms with Crippen molar-refractivity contribution in [3.05, 3.63) is 53.1 Å². The first-order chi connectivity index (χ1) is 20.1. The standard InChI is InChI=1S/C31H36N4O5S2/c1-17-8-9-23(40-19(3)20-11-14-39-15-12-20)25-26(31(33)36)30(42(37,38)35-13-10-21(32)16-35)28(34-27(17)25)29-18(2)22-6-4-5-7-24(22)41-29/h4-9,19-21H,10-16,32H2,1-3H3,(H2,33,36)/t19-,21+/m1/s1. The van der Waals surface area contributed by atoms with E-state index in [1.54, 1.807) is 6.07 Å². The van der Waals surface area contributed by atoms with E-state index in [-0.39, 0.29) is 47.3 Å². The van der Waals surface area contributed by atoms with E-state index in [0.29, 0.717) is 41.2 Å². The molecule has 4 aromatic rings. The van der Waals surface area contributed by atoms with Crippen LogP contribution in [0.5, 0.6) is 5.75 Å². The molecular weight excluding hydrogens is 572 g/mol. The van der Waals surface area contributed by atoms with Gasteiger partial charge in [0.1, 0.15) is 16.3 Å². The number of ether oxygens (including phenoxy) is 2. The van der Waals surface area contributed by atoms with Gasteiger partial charge in [0.25, 0.3) is 5.91 Å². The van der Waals surface area contributed by atoms with Crippen LogP contribution in [0.3, 0.4) is 0 Å². The van der Waals surface area contributed by atoms with Gasteiger partial charge in [0.15, 0.2) is 0 Å². The predicted molar refractivity (Wildman–Crippen MR) is 166 cm³/mol. The summed E-state index contributed by atoms with van der Waals surface area (Å²) < 4.78 is 43.4. The van der Waals surface area contributed by atoms with Crippen LogP contribution in [0.25, 0.3) is 31.6 Å². The Morgan fingerprint density at radius 1 is 1.14 bits per heavy atom. The topological polar surface area (TPSA) is 138 Å². The number of nitrogens with zero attached hydrogens (tertiary/aromatic N) is 2.